The maximum atomic E-state index is 14.2. The van der Waals surface area contributed by atoms with Crippen molar-refractivity contribution in [3.8, 4) is 0 Å². The van der Waals surface area contributed by atoms with Gasteiger partial charge in [0.1, 0.15) is 29.2 Å². The van der Waals surface area contributed by atoms with Gasteiger partial charge in [-0.25, -0.2) is 18.0 Å². The molecule has 13 heteroatoms. The van der Waals surface area contributed by atoms with Crippen LogP contribution in [0.25, 0.3) is 0 Å². The van der Waals surface area contributed by atoms with Crippen LogP contribution in [-0.4, -0.2) is 87.7 Å². The Kier molecular flexibility index (Phi) is 10.9. The molecule has 3 aromatic carbocycles. The number of sulfonamides is 1. The fourth-order valence-corrected chi connectivity index (χ4v) is 15.8. The summed E-state index contributed by atoms with van der Waals surface area (Å²) in [6.45, 7) is 12.2. The van der Waals surface area contributed by atoms with Gasteiger partial charge in [-0.15, -0.1) is 0 Å². The monoisotopic (exact) mass is 814 g/mol. The van der Waals surface area contributed by atoms with Gasteiger partial charge in [0.05, 0.1) is 18.1 Å². The zero-order valence-corrected chi connectivity index (χ0v) is 35.6. The van der Waals surface area contributed by atoms with Gasteiger partial charge in [-0.3, -0.25) is 4.90 Å². The minimum absolute atomic E-state index is 0.0397. The third kappa shape index (κ3) is 7.15. The molecule has 1 spiro atoms. The molecule has 7 rings (SSSR count). The van der Waals surface area contributed by atoms with E-state index in [2.05, 4.69) is 69.3 Å². The molecule has 1 aromatic heterocycles. The van der Waals surface area contributed by atoms with E-state index in [1.165, 1.54) is 38.8 Å². The van der Waals surface area contributed by atoms with E-state index in [-0.39, 0.29) is 29.4 Å². The number of aliphatic hydroxyl groups excluding tert-OH is 1. The number of piperidine rings is 1. The highest BCUT2D eigenvalue weighted by Gasteiger charge is 2.70. The van der Waals surface area contributed by atoms with Gasteiger partial charge in [0.15, 0.2) is 0 Å². The van der Waals surface area contributed by atoms with Crippen molar-refractivity contribution in [2.24, 2.45) is 5.41 Å². The molecule has 2 aliphatic heterocycles. The number of ether oxygens (including phenoxy) is 2. The first-order chi connectivity index (χ1) is 26.9. The molecule has 3 aliphatic rings. The Morgan fingerprint density at radius 2 is 1.49 bits per heavy atom. The number of aliphatic hydroxyl groups is 1. The quantitative estimate of drug-likeness (QED) is 0.114. The Labute approximate surface area is 337 Å². The number of amides is 1. The lowest BCUT2D eigenvalue weighted by Crippen LogP contribution is -2.66. The lowest BCUT2D eigenvalue weighted by atomic mass is 9.68. The van der Waals surface area contributed by atoms with E-state index in [4.69, 9.17) is 18.3 Å². The van der Waals surface area contributed by atoms with E-state index < -0.39 is 65.5 Å². The van der Waals surface area contributed by atoms with Gasteiger partial charge >= 0.3 is 12.1 Å². The number of furan rings is 1. The Balaban J connectivity index is 1.23. The second kappa shape index (κ2) is 15.2. The predicted molar refractivity (Wildman–Crippen MR) is 218 cm³/mol. The molecule has 1 N–H and O–H groups in total. The topological polar surface area (TPSA) is 136 Å². The summed E-state index contributed by atoms with van der Waals surface area (Å²) in [7, 11) is -5.58. The van der Waals surface area contributed by atoms with Crippen molar-refractivity contribution in [1.29, 1.82) is 0 Å². The van der Waals surface area contributed by atoms with Crippen molar-refractivity contribution in [3.05, 3.63) is 114 Å². The summed E-state index contributed by atoms with van der Waals surface area (Å²) in [6, 6.07) is 28.9. The van der Waals surface area contributed by atoms with E-state index in [0.717, 1.165) is 0 Å². The van der Waals surface area contributed by atoms with E-state index >= 15 is 0 Å². The standard InChI is InChI=1S/C44H54N2O9SSi/c1-42(2,3)55-41(49)46-35(40(48)52-7)27-44-29-45(56(50,51)31-19-11-8-12-20-31)28-36(47)37(44)34-26-30(54-38(34)39(44)46)18-17-25-53-57(43(4,5)6,32-21-13-9-14-22-32)33-23-15-10-16-24-33/h8-16,19-24,26,35-37,39,47H,17-18,25,27-29H2,1-7H3/t35-,36+,37-,39+,44+/m1/s1. The van der Waals surface area contributed by atoms with Crippen molar-refractivity contribution in [2.75, 3.05) is 26.8 Å². The summed E-state index contributed by atoms with van der Waals surface area (Å²) in [5, 5.41) is 14.2. The molecule has 1 aliphatic carbocycles. The number of carbonyl (C=O) groups is 2. The van der Waals surface area contributed by atoms with E-state index in [1.807, 2.05) is 18.2 Å². The minimum Gasteiger partial charge on any atom is -0.467 e. The van der Waals surface area contributed by atoms with Crippen LogP contribution in [0.3, 0.4) is 0 Å². The summed E-state index contributed by atoms with van der Waals surface area (Å²) < 4.78 is 54.4. The van der Waals surface area contributed by atoms with Crippen molar-refractivity contribution in [1.82, 2.24) is 9.21 Å². The summed E-state index contributed by atoms with van der Waals surface area (Å²) in [4.78, 5) is 29.1. The maximum absolute atomic E-state index is 14.2. The first kappa shape index (κ1) is 40.9. The van der Waals surface area contributed by atoms with Gasteiger partial charge in [-0.05, 0) is 67.2 Å². The number of benzene rings is 3. The minimum atomic E-state index is -4.06. The Hall–Kier alpha value is -4.27. The Morgan fingerprint density at radius 3 is 2.04 bits per heavy atom. The molecule has 5 atom stereocenters. The number of fused-ring (bicyclic) bond motifs is 3. The van der Waals surface area contributed by atoms with Crippen molar-refractivity contribution in [3.63, 3.8) is 0 Å². The van der Waals surface area contributed by atoms with E-state index in [9.17, 15) is 23.1 Å². The molecule has 0 unspecified atom stereocenters. The predicted octanol–water partition coefficient (Wildman–Crippen LogP) is 6.16. The molecule has 2 fully saturated rings. The summed E-state index contributed by atoms with van der Waals surface area (Å²) in [5.41, 5.74) is -1.30. The van der Waals surface area contributed by atoms with Gasteiger partial charge in [0.2, 0.25) is 10.0 Å². The second-order valence-electron chi connectivity index (χ2n) is 17.6. The van der Waals surface area contributed by atoms with Gasteiger partial charge in [-0.2, -0.15) is 4.31 Å². The lowest BCUT2D eigenvalue weighted by molar-refractivity contribution is -0.146. The molecule has 0 bridgehead atoms. The van der Waals surface area contributed by atoms with Crippen LogP contribution < -0.4 is 10.4 Å². The Bertz CT molecular complexity index is 2150. The highest BCUT2D eigenvalue weighted by Crippen LogP contribution is 2.67. The smallest absolute Gasteiger partial charge is 0.411 e. The Morgan fingerprint density at radius 1 is 0.912 bits per heavy atom. The van der Waals surface area contributed by atoms with Crippen LogP contribution in [0.1, 0.15) is 83.4 Å². The number of hydrogen-bond donors (Lipinski definition) is 1. The second-order valence-corrected chi connectivity index (χ2v) is 23.8. The van der Waals surface area contributed by atoms with Gasteiger partial charge < -0.3 is 23.4 Å². The van der Waals surface area contributed by atoms with Crippen molar-refractivity contribution < 1.29 is 41.4 Å². The SMILES string of the molecule is COC(=O)[C@H]1C[C@]23CN(S(=O)(=O)c4ccccc4)C[C@H](O)[C@H]2c2cc(CCCO[Si](c4ccccc4)(c4ccccc4)C(C)(C)C)oc2[C@@H]3N1C(=O)OC(C)(C)C. The summed E-state index contributed by atoms with van der Waals surface area (Å²) in [5.74, 6) is -0.213. The number of likely N-dealkylation sites (tertiary alicyclic amines) is 1. The molecule has 0 saturated carbocycles. The first-order valence-electron chi connectivity index (χ1n) is 19.6. The first-order valence-corrected chi connectivity index (χ1v) is 23.0. The van der Waals surface area contributed by atoms with Crippen LogP contribution in [0.5, 0.6) is 0 Å². The van der Waals surface area contributed by atoms with Crippen LogP contribution in [0.15, 0.2) is 106 Å². The molecular weight excluding hydrogens is 761 g/mol. The molecule has 3 heterocycles. The molecule has 1 amide bonds. The van der Waals surface area contributed by atoms with Crippen molar-refractivity contribution >= 4 is 40.8 Å². The highest BCUT2D eigenvalue weighted by atomic mass is 32.2. The fraction of sp³-hybridized carbons (Fsp3) is 0.455. The lowest BCUT2D eigenvalue weighted by Gasteiger charge is -2.46. The van der Waals surface area contributed by atoms with Crippen LogP contribution in [0.4, 0.5) is 4.79 Å². The molecule has 2 saturated heterocycles. The molecule has 57 heavy (non-hydrogen) atoms. The van der Waals surface area contributed by atoms with Gasteiger partial charge in [-0.1, -0.05) is 99.6 Å². The summed E-state index contributed by atoms with van der Waals surface area (Å²) in [6.07, 6.45) is -0.737. The number of carbonyl (C=O) groups excluding carboxylic acids is 2. The number of hydrogen-bond acceptors (Lipinski definition) is 9. The van der Waals surface area contributed by atoms with E-state index in [1.54, 1.807) is 39.0 Å². The number of nitrogens with zero attached hydrogens (tertiary/aromatic N) is 2. The zero-order chi connectivity index (χ0) is 41.0. The van der Waals surface area contributed by atoms with Gasteiger partial charge in [0, 0.05) is 43.0 Å². The van der Waals surface area contributed by atoms with Gasteiger partial charge in [0.25, 0.3) is 8.32 Å². The number of methoxy groups -OCH3 is 1. The number of rotatable bonds is 10. The number of β-amino-alcohol motifs (C(OH)–C–C–N with tert-alkyl or cyclic N) is 1. The molecule has 0 radical (unpaired) electrons. The largest absolute Gasteiger partial charge is 0.467 e. The average Bonchev–Trinajstić information content (AvgIpc) is 3.80. The molecular formula is C44H54N2O9SSi. The van der Waals surface area contributed by atoms with Crippen LogP contribution >= 0.6 is 0 Å². The average molecular weight is 815 g/mol. The molecule has 4 aromatic rings. The highest BCUT2D eigenvalue weighted by molar-refractivity contribution is 7.89. The number of aryl methyl sites for hydroxylation is 1. The van der Waals surface area contributed by atoms with Crippen LogP contribution in [0.2, 0.25) is 5.04 Å². The fourth-order valence-electron chi connectivity index (χ4n) is 9.66. The molecule has 304 valence electrons. The van der Waals surface area contributed by atoms with Crippen molar-refractivity contribution in [2.45, 2.75) is 100 Å². The normalized spacial score (nSPS) is 23.8. The zero-order valence-electron chi connectivity index (χ0n) is 33.8. The number of esters is 1. The molecule has 11 nitrogen and oxygen atoms in total. The third-order valence-electron chi connectivity index (χ3n) is 11.8. The van der Waals surface area contributed by atoms with Crippen LogP contribution in [0, 0.1) is 5.41 Å². The third-order valence-corrected chi connectivity index (χ3v) is 18.7. The van der Waals surface area contributed by atoms with Crippen LogP contribution in [-0.2, 0) is 35.1 Å². The van der Waals surface area contributed by atoms with E-state index in [0.29, 0.717) is 36.5 Å². The maximum Gasteiger partial charge on any atom is 0.411 e. The summed E-state index contributed by atoms with van der Waals surface area (Å²) >= 11 is 0.